The van der Waals surface area contributed by atoms with Gasteiger partial charge in [0.05, 0.1) is 6.10 Å². The lowest BCUT2D eigenvalue weighted by Gasteiger charge is -2.19. The molecule has 2 saturated heterocycles. The first-order valence-electron chi connectivity index (χ1n) is 4.26. The van der Waals surface area contributed by atoms with E-state index in [4.69, 9.17) is 0 Å². The Balaban J connectivity index is 2.11. The zero-order valence-corrected chi connectivity index (χ0v) is 6.45. The lowest BCUT2D eigenvalue weighted by molar-refractivity contribution is 0.123. The number of hydrogen-bond donors (Lipinski definition) is 1. The van der Waals surface area contributed by atoms with Crippen LogP contribution in [0.4, 0.5) is 0 Å². The van der Waals surface area contributed by atoms with E-state index in [1.165, 1.54) is 12.8 Å². The van der Waals surface area contributed by atoms with Gasteiger partial charge in [-0.1, -0.05) is 6.92 Å². The highest BCUT2D eigenvalue weighted by Gasteiger charge is 2.44. The van der Waals surface area contributed by atoms with Crippen LogP contribution in [-0.4, -0.2) is 34.7 Å². The Morgan fingerprint density at radius 1 is 1.50 bits per heavy atom. The topological polar surface area (TPSA) is 23.5 Å². The average molecular weight is 141 g/mol. The highest BCUT2D eigenvalue weighted by atomic mass is 16.3. The van der Waals surface area contributed by atoms with Crippen LogP contribution in [0.2, 0.25) is 0 Å². The summed E-state index contributed by atoms with van der Waals surface area (Å²) in [6.07, 6.45) is 3.55. The molecule has 2 aliphatic heterocycles. The number of aliphatic hydroxyl groups is 1. The first-order valence-corrected chi connectivity index (χ1v) is 4.26. The SMILES string of the molecule is CCN1C2CCC1C(O)C2. The highest BCUT2D eigenvalue weighted by Crippen LogP contribution is 2.36. The van der Waals surface area contributed by atoms with Crippen molar-refractivity contribution in [3.63, 3.8) is 0 Å². The molecule has 0 aliphatic carbocycles. The van der Waals surface area contributed by atoms with Crippen LogP contribution in [0.5, 0.6) is 0 Å². The van der Waals surface area contributed by atoms with Crippen LogP contribution < -0.4 is 0 Å². The summed E-state index contributed by atoms with van der Waals surface area (Å²) in [6, 6.07) is 1.22. The number of aliphatic hydroxyl groups excluding tert-OH is 1. The normalized spacial score (nSPS) is 46.8. The summed E-state index contributed by atoms with van der Waals surface area (Å²) in [7, 11) is 0. The number of hydrogen-bond acceptors (Lipinski definition) is 2. The third-order valence-electron chi connectivity index (χ3n) is 3.01. The minimum atomic E-state index is -0.0151. The van der Waals surface area contributed by atoms with E-state index in [0.29, 0.717) is 12.1 Å². The Kier molecular flexibility index (Phi) is 1.46. The molecule has 0 spiro atoms. The molecule has 0 amide bonds. The van der Waals surface area contributed by atoms with Crippen LogP contribution in [0.3, 0.4) is 0 Å². The fraction of sp³-hybridized carbons (Fsp3) is 1.00. The van der Waals surface area contributed by atoms with Crippen molar-refractivity contribution >= 4 is 0 Å². The maximum atomic E-state index is 9.48. The Labute approximate surface area is 61.8 Å². The smallest absolute Gasteiger partial charge is 0.0710 e. The molecular weight excluding hydrogens is 126 g/mol. The van der Waals surface area contributed by atoms with Gasteiger partial charge in [-0.25, -0.2) is 0 Å². The van der Waals surface area contributed by atoms with Crippen molar-refractivity contribution < 1.29 is 5.11 Å². The second-order valence-corrected chi connectivity index (χ2v) is 3.43. The minimum absolute atomic E-state index is 0.0151. The zero-order chi connectivity index (χ0) is 7.14. The van der Waals surface area contributed by atoms with Crippen molar-refractivity contribution in [3.8, 4) is 0 Å². The third kappa shape index (κ3) is 0.722. The Hall–Kier alpha value is -0.0800. The first kappa shape index (κ1) is 6.62. The van der Waals surface area contributed by atoms with E-state index in [9.17, 15) is 5.11 Å². The number of nitrogens with zero attached hydrogens (tertiary/aromatic N) is 1. The van der Waals surface area contributed by atoms with Crippen molar-refractivity contribution in [1.29, 1.82) is 0 Å². The first-order chi connectivity index (χ1) is 4.83. The fourth-order valence-electron chi connectivity index (χ4n) is 2.56. The van der Waals surface area contributed by atoms with E-state index < -0.39 is 0 Å². The largest absolute Gasteiger partial charge is 0.391 e. The molecule has 10 heavy (non-hydrogen) atoms. The van der Waals surface area contributed by atoms with Gasteiger partial charge < -0.3 is 5.11 Å². The average Bonchev–Trinajstić information content (AvgIpc) is 2.42. The summed E-state index contributed by atoms with van der Waals surface area (Å²) in [5.41, 5.74) is 0. The van der Waals surface area contributed by atoms with E-state index in [-0.39, 0.29) is 6.10 Å². The van der Waals surface area contributed by atoms with Gasteiger partial charge in [0.25, 0.3) is 0 Å². The zero-order valence-electron chi connectivity index (χ0n) is 6.45. The number of rotatable bonds is 1. The molecule has 2 heterocycles. The molecule has 0 radical (unpaired) electrons. The summed E-state index contributed by atoms with van der Waals surface area (Å²) >= 11 is 0. The van der Waals surface area contributed by atoms with Crippen molar-refractivity contribution in [2.24, 2.45) is 0 Å². The van der Waals surface area contributed by atoms with Crippen LogP contribution >= 0.6 is 0 Å². The summed E-state index contributed by atoms with van der Waals surface area (Å²) < 4.78 is 0. The maximum absolute atomic E-state index is 9.48. The minimum Gasteiger partial charge on any atom is -0.391 e. The lowest BCUT2D eigenvalue weighted by atomic mass is 9.98. The standard InChI is InChI=1S/C8H15NO/c1-2-9-6-3-4-7(9)8(10)5-6/h6-8,10H,2-5H2,1H3. The molecule has 0 aromatic rings. The Bertz CT molecular complexity index is 137. The van der Waals surface area contributed by atoms with Gasteiger partial charge in [0, 0.05) is 12.1 Å². The molecule has 3 atom stereocenters. The van der Waals surface area contributed by atoms with Gasteiger partial charge in [0.15, 0.2) is 0 Å². The molecule has 0 aromatic heterocycles. The molecule has 2 bridgehead atoms. The lowest BCUT2D eigenvalue weighted by Crippen LogP contribution is -2.31. The second kappa shape index (κ2) is 2.21. The molecule has 58 valence electrons. The van der Waals surface area contributed by atoms with Gasteiger partial charge in [-0.15, -0.1) is 0 Å². The van der Waals surface area contributed by atoms with Crippen LogP contribution in [-0.2, 0) is 0 Å². The summed E-state index contributed by atoms with van der Waals surface area (Å²) in [5.74, 6) is 0. The molecule has 3 unspecified atom stereocenters. The summed E-state index contributed by atoms with van der Waals surface area (Å²) in [5, 5.41) is 9.48. The van der Waals surface area contributed by atoms with Gasteiger partial charge in [-0.2, -0.15) is 0 Å². The molecule has 2 fully saturated rings. The monoisotopic (exact) mass is 141 g/mol. The van der Waals surface area contributed by atoms with E-state index >= 15 is 0 Å². The molecular formula is C8H15NO. The van der Waals surface area contributed by atoms with Crippen molar-refractivity contribution in [1.82, 2.24) is 4.90 Å². The third-order valence-corrected chi connectivity index (χ3v) is 3.01. The van der Waals surface area contributed by atoms with E-state index in [1.54, 1.807) is 0 Å². The molecule has 2 rings (SSSR count). The van der Waals surface area contributed by atoms with Crippen molar-refractivity contribution in [2.75, 3.05) is 6.54 Å². The predicted octanol–water partition coefficient (Wildman–Crippen LogP) is 0.604. The Morgan fingerprint density at radius 3 is 2.60 bits per heavy atom. The molecule has 2 heteroatoms. The molecule has 2 nitrogen and oxygen atoms in total. The highest BCUT2D eigenvalue weighted by molar-refractivity contribution is 4.99. The van der Waals surface area contributed by atoms with Gasteiger partial charge >= 0.3 is 0 Å². The van der Waals surface area contributed by atoms with Crippen LogP contribution in [0.15, 0.2) is 0 Å². The van der Waals surface area contributed by atoms with E-state index in [1.807, 2.05) is 0 Å². The number of likely N-dealkylation sites (N-methyl/N-ethyl adjacent to an activating group) is 1. The van der Waals surface area contributed by atoms with Gasteiger partial charge in [0.2, 0.25) is 0 Å². The molecule has 2 aliphatic rings. The number of fused-ring (bicyclic) bond motifs is 2. The van der Waals surface area contributed by atoms with E-state index in [2.05, 4.69) is 11.8 Å². The van der Waals surface area contributed by atoms with Crippen LogP contribution in [0, 0.1) is 0 Å². The van der Waals surface area contributed by atoms with E-state index in [0.717, 1.165) is 13.0 Å². The Morgan fingerprint density at radius 2 is 2.30 bits per heavy atom. The van der Waals surface area contributed by atoms with Gasteiger partial charge in [-0.05, 0) is 25.8 Å². The van der Waals surface area contributed by atoms with Crippen LogP contribution in [0.1, 0.15) is 26.2 Å². The fourth-order valence-corrected chi connectivity index (χ4v) is 2.56. The second-order valence-electron chi connectivity index (χ2n) is 3.43. The predicted molar refractivity (Wildman–Crippen MR) is 39.8 cm³/mol. The molecule has 0 aromatic carbocycles. The maximum Gasteiger partial charge on any atom is 0.0710 e. The van der Waals surface area contributed by atoms with Gasteiger partial charge in [-0.3, -0.25) is 4.90 Å². The van der Waals surface area contributed by atoms with Crippen molar-refractivity contribution in [2.45, 2.75) is 44.4 Å². The van der Waals surface area contributed by atoms with Crippen LogP contribution in [0.25, 0.3) is 0 Å². The summed E-state index contributed by atoms with van der Waals surface area (Å²) in [6.45, 7) is 3.30. The molecule has 0 saturated carbocycles. The summed E-state index contributed by atoms with van der Waals surface area (Å²) in [4.78, 5) is 2.45. The van der Waals surface area contributed by atoms with Gasteiger partial charge in [0.1, 0.15) is 0 Å². The molecule has 1 N–H and O–H groups in total. The quantitative estimate of drug-likeness (QED) is 0.578. The van der Waals surface area contributed by atoms with Crippen molar-refractivity contribution in [3.05, 3.63) is 0 Å².